The van der Waals surface area contributed by atoms with Crippen LogP contribution in [0.25, 0.3) is 22.0 Å². The van der Waals surface area contributed by atoms with Crippen LogP contribution in [0.1, 0.15) is 18.5 Å². The van der Waals surface area contributed by atoms with E-state index in [-0.39, 0.29) is 11.9 Å². The van der Waals surface area contributed by atoms with Crippen LogP contribution >= 0.6 is 0 Å². The number of anilines is 1. The van der Waals surface area contributed by atoms with Crippen molar-refractivity contribution >= 4 is 28.5 Å². The van der Waals surface area contributed by atoms with Gasteiger partial charge in [0, 0.05) is 22.3 Å². The number of allylic oxidation sites excluding steroid dienone is 1. The summed E-state index contributed by atoms with van der Waals surface area (Å²) >= 11 is 0. The summed E-state index contributed by atoms with van der Waals surface area (Å²) in [5, 5.41) is 16.3. The van der Waals surface area contributed by atoms with E-state index in [1.54, 1.807) is 26.3 Å². The molecule has 0 aliphatic carbocycles. The zero-order chi connectivity index (χ0) is 23.7. The van der Waals surface area contributed by atoms with Crippen molar-refractivity contribution in [1.82, 2.24) is 20.8 Å². The molecule has 3 amide bonds. The number of rotatable bonds is 5. The Hall–Kier alpha value is -4.59. The Morgan fingerprint density at radius 2 is 1.85 bits per heavy atom. The van der Waals surface area contributed by atoms with Crippen molar-refractivity contribution in [3.05, 3.63) is 89.8 Å². The number of ether oxygens (including phenoxy) is 1. The van der Waals surface area contributed by atoms with Crippen molar-refractivity contribution in [2.45, 2.75) is 13.0 Å². The van der Waals surface area contributed by atoms with Gasteiger partial charge in [-0.15, -0.1) is 0 Å². The maximum Gasteiger partial charge on any atom is 0.319 e. The fourth-order valence-electron chi connectivity index (χ4n) is 4.20. The molecule has 0 bridgehead atoms. The third kappa shape index (κ3) is 3.97. The van der Waals surface area contributed by atoms with Crippen LogP contribution in [0.4, 0.5) is 10.5 Å². The van der Waals surface area contributed by atoms with Gasteiger partial charge in [-0.25, -0.2) is 4.79 Å². The first-order chi connectivity index (χ1) is 16.5. The van der Waals surface area contributed by atoms with Crippen LogP contribution in [0.15, 0.2) is 84.2 Å². The SMILES string of the molecule is COc1ccccc1-c1ccc(C2NC(=O)NC(C)=C2C(=O)Nc2ccc3[nH]ncc3c2)cc1. The lowest BCUT2D eigenvalue weighted by molar-refractivity contribution is -0.113. The zero-order valence-electron chi connectivity index (χ0n) is 18.7. The summed E-state index contributed by atoms with van der Waals surface area (Å²) in [6.07, 6.45) is 1.70. The number of methoxy groups -OCH3 is 1. The van der Waals surface area contributed by atoms with Crippen molar-refractivity contribution in [1.29, 1.82) is 0 Å². The molecule has 0 saturated carbocycles. The number of aromatic amines is 1. The Balaban J connectivity index is 1.45. The quantitative estimate of drug-likeness (QED) is 0.357. The number of benzene rings is 3. The normalized spacial score (nSPS) is 15.6. The first-order valence-corrected chi connectivity index (χ1v) is 10.8. The summed E-state index contributed by atoms with van der Waals surface area (Å²) in [4.78, 5) is 25.6. The predicted molar refractivity (Wildman–Crippen MR) is 130 cm³/mol. The third-order valence-corrected chi connectivity index (χ3v) is 5.87. The van der Waals surface area contributed by atoms with Crippen LogP contribution in [-0.2, 0) is 4.79 Å². The maximum atomic E-state index is 13.3. The topological polar surface area (TPSA) is 108 Å². The second-order valence-electron chi connectivity index (χ2n) is 8.02. The molecule has 1 aliphatic heterocycles. The van der Waals surface area contributed by atoms with Gasteiger partial charge in [0.2, 0.25) is 0 Å². The number of hydrogen-bond donors (Lipinski definition) is 4. The Labute approximate surface area is 196 Å². The van der Waals surface area contributed by atoms with Gasteiger partial charge in [0.15, 0.2) is 0 Å². The molecule has 1 unspecified atom stereocenters. The number of aromatic nitrogens is 2. The van der Waals surface area contributed by atoms with Crippen LogP contribution in [0.2, 0.25) is 0 Å². The molecule has 170 valence electrons. The fourth-order valence-corrected chi connectivity index (χ4v) is 4.20. The number of urea groups is 1. The highest BCUT2D eigenvalue weighted by Crippen LogP contribution is 2.33. The molecule has 0 saturated heterocycles. The number of carbonyl (C=O) groups excluding carboxylic acids is 2. The maximum absolute atomic E-state index is 13.3. The summed E-state index contributed by atoms with van der Waals surface area (Å²) in [6.45, 7) is 1.73. The van der Waals surface area contributed by atoms with E-state index in [0.717, 1.165) is 33.3 Å². The monoisotopic (exact) mass is 453 g/mol. The summed E-state index contributed by atoms with van der Waals surface area (Å²) < 4.78 is 5.47. The average molecular weight is 454 g/mol. The number of H-pyrrole nitrogens is 1. The van der Waals surface area contributed by atoms with Gasteiger partial charge in [-0.3, -0.25) is 9.89 Å². The van der Waals surface area contributed by atoms with E-state index in [1.165, 1.54) is 0 Å². The molecular weight excluding hydrogens is 430 g/mol. The molecule has 0 radical (unpaired) electrons. The molecule has 0 spiro atoms. The van der Waals surface area contributed by atoms with Crippen molar-refractivity contribution in [3.63, 3.8) is 0 Å². The number of amides is 3. The molecule has 34 heavy (non-hydrogen) atoms. The molecule has 8 nitrogen and oxygen atoms in total. The summed E-state index contributed by atoms with van der Waals surface area (Å²) in [7, 11) is 1.64. The Bertz CT molecular complexity index is 1420. The van der Waals surface area contributed by atoms with Crippen LogP contribution < -0.4 is 20.7 Å². The molecule has 1 aliphatic rings. The van der Waals surface area contributed by atoms with Crippen LogP contribution in [0.5, 0.6) is 5.75 Å². The lowest BCUT2D eigenvalue weighted by Crippen LogP contribution is -2.45. The van der Waals surface area contributed by atoms with Gasteiger partial charge in [-0.1, -0.05) is 42.5 Å². The summed E-state index contributed by atoms with van der Waals surface area (Å²) in [5.74, 6) is 0.475. The van der Waals surface area contributed by atoms with Crippen molar-refractivity contribution in [2.24, 2.45) is 0 Å². The van der Waals surface area contributed by atoms with Gasteiger partial charge < -0.3 is 20.7 Å². The molecule has 4 N–H and O–H groups in total. The number of carbonyl (C=O) groups is 2. The first kappa shape index (κ1) is 21.3. The van der Waals surface area contributed by atoms with Gasteiger partial charge in [-0.05, 0) is 42.3 Å². The minimum absolute atomic E-state index is 0.299. The highest BCUT2D eigenvalue weighted by Gasteiger charge is 2.31. The first-order valence-electron chi connectivity index (χ1n) is 10.8. The number of para-hydroxylation sites is 1. The lowest BCUT2D eigenvalue weighted by atomic mass is 9.93. The highest BCUT2D eigenvalue weighted by molar-refractivity contribution is 6.07. The standard InChI is InChI=1S/C26H23N5O3/c1-15-23(25(32)29-19-11-12-21-18(13-19)14-27-31-21)24(30-26(33)28-15)17-9-7-16(8-10-17)20-5-3-4-6-22(20)34-2/h3-14,24H,1-2H3,(H,27,31)(H,29,32)(H2,28,30,33). The van der Waals surface area contributed by atoms with Gasteiger partial charge in [0.1, 0.15) is 5.75 Å². The van der Waals surface area contributed by atoms with Crippen molar-refractivity contribution in [3.8, 4) is 16.9 Å². The molecular formula is C26H23N5O3. The molecule has 5 rings (SSSR count). The molecule has 3 aromatic carbocycles. The van der Waals surface area contributed by atoms with Crippen molar-refractivity contribution < 1.29 is 14.3 Å². The minimum Gasteiger partial charge on any atom is -0.496 e. The zero-order valence-corrected chi connectivity index (χ0v) is 18.7. The Morgan fingerprint density at radius 3 is 2.65 bits per heavy atom. The second-order valence-corrected chi connectivity index (χ2v) is 8.02. The third-order valence-electron chi connectivity index (χ3n) is 5.87. The fraction of sp³-hybridized carbons (Fsp3) is 0.115. The number of nitrogens with one attached hydrogen (secondary N) is 4. The number of hydrogen-bond acceptors (Lipinski definition) is 4. The molecule has 8 heteroatoms. The van der Waals surface area contributed by atoms with E-state index >= 15 is 0 Å². The van der Waals surface area contributed by atoms with E-state index in [9.17, 15) is 9.59 Å². The van der Waals surface area contributed by atoms with E-state index in [0.29, 0.717) is 17.0 Å². The summed E-state index contributed by atoms with van der Waals surface area (Å²) in [6, 6.07) is 20.1. The Kier molecular flexibility index (Phi) is 5.47. The minimum atomic E-state index is -0.599. The second kappa shape index (κ2) is 8.74. The molecule has 0 fully saturated rings. The van der Waals surface area contributed by atoms with Crippen LogP contribution in [0, 0.1) is 0 Å². The van der Waals surface area contributed by atoms with E-state index < -0.39 is 6.04 Å². The van der Waals surface area contributed by atoms with Crippen molar-refractivity contribution in [2.75, 3.05) is 12.4 Å². The predicted octanol–water partition coefficient (Wildman–Crippen LogP) is 4.51. The molecule has 1 aromatic heterocycles. The Morgan fingerprint density at radius 1 is 1.06 bits per heavy atom. The largest absolute Gasteiger partial charge is 0.496 e. The van der Waals surface area contributed by atoms with E-state index in [2.05, 4.69) is 26.1 Å². The average Bonchev–Trinajstić information content (AvgIpc) is 3.31. The molecule has 4 aromatic rings. The lowest BCUT2D eigenvalue weighted by Gasteiger charge is -2.29. The number of nitrogens with zero attached hydrogens (tertiary/aromatic N) is 1. The van der Waals surface area contributed by atoms with Gasteiger partial charge in [0.05, 0.1) is 30.4 Å². The molecule has 2 heterocycles. The van der Waals surface area contributed by atoms with Gasteiger partial charge in [0.25, 0.3) is 5.91 Å². The van der Waals surface area contributed by atoms with Gasteiger partial charge >= 0.3 is 6.03 Å². The van der Waals surface area contributed by atoms with Crippen LogP contribution in [-0.4, -0.2) is 29.2 Å². The smallest absolute Gasteiger partial charge is 0.319 e. The summed E-state index contributed by atoms with van der Waals surface area (Å²) in [5.41, 5.74) is 5.20. The number of fused-ring (bicyclic) bond motifs is 1. The molecule has 1 atom stereocenters. The highest BCUT2D eigenvalue weighted by atomic mass is 16.5. The van der Waals surface area contributed by atoms with E-state index in [4.69, 9.17) is 4.74 Å². The van der Waals surface area contributed by atoms with Gasteiger partial charge in [-0.2, -0.15) is 5.10 Å². The van der Waals surface area contributed by atoms with Crippen LogP contribution in [0.3, 0.4) is 0 Å². The van der Waals surface area contributed by atoms with E-state index in [1.807, 2.05) is 60.7 Å².